The van der Waals surface area contributed by atoms with E-state index < -0.39 is 0 Å². The Morgan fingerprint density at radius 1 is 1.11 bits per heavy atom. The van der Waals surface area contributed by atoms with Gasteiger partial charge in [0.1, 0.15) is 5.75 Å². The zero-order valence-electron chi connectivity index (χ0n) is 15.5. The van der Waals surface area contributed by atoms with Crippen molar-refractivity contribution >= 4 is 11.9 Å². The molecule has 8 heteroatoms. The Morgan fingerprint density at radius 2 is 1.81 bits per heavy atom. The Labute approximate surface area is 158 Å². The largest absolute Gasteiger partial charge is 0.497 e. The third-order valence-electron chi connectivity index (χ3n) is 4.69. The second kappa shape index (κ2) is 9.07. The van der Waals surface area contributed by atoms with Crippen molar-refractivity contribution in [3.05, 3.63) is 47.8 Å². The van der Waals surface area contributed by atoms with Crippen molar-refractivity contribution in [3.63, 3.8) is 0 Å². The molecular weight excluding hydrogens is 346 g/mol. The summed E-state index contributed by atoms with van der Waals surface area (Å²) in [4.78, 5) is 28.2. The molecule has 0 atom stereocenters. The van der Waals surface area contributed by atoms with Crippen LogP contribution in [0.5, 0.6) is 5.75 Å². The third-order valence-corrected chi connectivity index (χ3v) is 4.69. The Hall–Kier alpha value is -3.03. The van der Waals surface area contributed by atoms with Crippen molar-refractivity contribution in [2.45, 2.75) is 19.4 Å². The summed E-state index contributed by atoms with van der Waals surface area (Å²) in [5.41, 5.74) is 1.97. The zero-order valence-corrected chi connectivity index (χ0v) is 15.5. The van der Waals surface area contributed by atoms with E-state index in [9.17, 15) is 9.59 Å². The van der Waals surface area contributed by atoms with Gasteiger partial charge in [-0.3, -0.25) is 9.89 Å². The maximum absolute atomic E-state index is 12.4. The molecule has 1 aliphatic rings. The highest BCUT2D eigenvalue weighted by atomic mass is 16.5. The van der Waals surface area contributed by atoms with Gasteiger partial charge in [-0.15, -0.1) is 0 Å². The van der Waals surface area contributed by atoms with Gasteiger partial charge >= 0.3 is 6.03 Å². The van der Waals surface area contributed by atoms with Crippen molar-refractivity contribution in [1.29, 1.82) is 0 Å². The van der Waals surface area contributed by atoms with Gasteiger partial charge in [-0.05, 0) is 30.2 Å². The number of amides is 3. The Kier molecular flexibility index (Phi) is 6.30. The summed E-state index contributed by atoms with van der Waals surface area (Å²) in [6, 6.07) is 9.47. The van der Waals surface area contributed by atoms with E-state index in [-0.39, 0.29) is 11.9 Å². The summed E-state index contributed by atoms with van der Waals surface area (Å²) in [5, 5.41) is 9.51. The summed E-state index contributed by atoms with van der Waals surface area (Å²) < 4.78 is 5.14. The second-order valence-electron chi connectivity index (χ2n) is 6.46. The van der Waals surface area contributed by atoms with Crippen molar-refractivity contribution < 1.29 is 14.3 Å². The smallest absolute Gasteiger partial charge is 0.317 e. The molecule has 1 fully saturated rings. The molecule has 2 heterocycles. The summed E-state index contributed by atoms with van der Waals surface area (Å²) in [6.07, 6.45) is 2.82. The molecule has 0 spiro atoms. The molecule has 8 nitrogen and oxygen atoms in total. The van der Waals surface area contributed by atoms with Crippen molar-refractivity contribution in [2.24, 2.45) is 0 Å². The first kappa shape index (κ1) is 18.8. The van der Waals surface area contributed by atoms with Crippen LogP contribution in [-0.4, -0.2) is 65.2 Å². The number of aromatic nitrogens is 2. The molecule has 1 aromatic heterocycles. The predicted molar refractivity (Wildman–Crippen MR) is 100 cm³/mol. The number of carbonyl (C=O) groups is 2. The number of nitrogens with one attached hydrogen (secondary N) is 2. The van der Waals surface area contributed by atoms with Crippen molar-refractivity contribution in [3.8, 4) is 5.75 Å². The van der Waals surface area contributed by atoms with Gasteiger partial charge in [0.25, 0.3) is 0 Å². The van der Waals surface area contributed by atoms with Gasteiger partial charge in [0.15, 0.2) is 0 Å². The van der Waals surface area contributed by atoms with Crippen LogP contribution in [0.25, 0.3) is 0 Å². The summed E-state index contributed by atoms with van der Waals surface area (Å²) in [7, 11) is 1.63. The van der Waals surface area contributed by atoms with Gasteiger partial charge in [0, 0.05) is 38.8 Å². The quantitative estimate of drug-likeness (QED) is 0.803. The van der Waals surface area contributed by atoms with Crippen LogP contribution in [0.1, 0.15) is 17.7 Å². The van der Waals surface area contributed by atoms with E-state index in [1.165, 1.54) is 0 Å². The van der Waals surface area contributed by atoms with E-state index >= 15 is 0 Å². The molecule has 1 aromatic carbocycles. The average molecular weight is 371 g/mol. The second-order valence-corrected chi connectivity index (χ2v) is 6.46. The fourth-order valence-corrected chi connectivity index (χ4v) is 3.03. The molecule has 1 saturated heterocycles. The molecule has 0 unspecified atom stereocenters. The lowest BCUT2D eigenvalue weighted by Gasteiger charge is -2.34. The first-order chi connectivity index (χ1) is 13.2. The number of hydrogen-bond donors (Lipinski definition) is 2. The number of H-pyrrole nitrogens is 1. The standard InChI is InChI=1S/C19H25N5O3/c1-27-17-5-2-15(3-6-17)4-7-18(25)23-10-12-24(13-11-23)19(26)20-14-16-8-9-21-22-16/h2-3,5-6,8-9H,4,7,10-14H2,1H3,(H,20,26)(H,21,22). The number of methoxy groups -OCH3 is 1. The summed E-state index contributed by atoms with van der Waals surface area (Å²) >= 11 is 0. The molecule has 1 aliphatic heterocycles. The topological polar surface area (TPSA) is 90.6 Å². The molecule has 0 bridgehead atoms. The zero-order chi connectivity index (χ0) is 19.1. The SMILES string of the molecule is COc1ccc(CCC(=O)N2CCN(C(=O)NCc3ccn[nH]3)CC2)cc1. The van der Waals surface area contributed by atoms with Crippen LogP contribution in [-0.2, 0) is 17.8 Å². The number of piperazine rings is 1. The molecule has 3 rings (SSSR count). The van der Waals surface area contributed by atoms with Crippen molar-refractivity contribution in [2.75, 3.05) is 33.3 Å². The number of carbonyl (C=O) groups excluding carboxylic acids is 2. The fourth-order valence-electron chi connectivity index (χ4n) is 3.03. The van der Waals surface area contributed by atoms with E-state index in [2.05, 4.69) is 15.5 Å². The number of aryl methyl sites for hydroxylation is 1. The van der Waals surface area contributed by atoms with Crippen LogP contribution >= 0.6 is 0 Å². The van der Waals surface area contributed by atoms with Gasteiger partial charge in [-0.25, -0.2) is 4.79 Å². The molecule has 0 aliphatic carbocycles. The van der Waals surface area contributed by atoms with E-state index in [0.717, 1.165) is 17.0 Å². The van der Waals surface area contributed by atoms with Crippen molar-refractivity contribution in [1.82, 2.24) is 25.3 Å². The third kappa shape index (κ3) is 5.22. The van der Waals surface area contributed by atoms with Gasteiger partial charge in [0.05, 0.1) is 19.3 Å². The molecule has 144 valence electrons. The minimum absolute atomic E-state index is 0.116. The minimum Gasteiger partial charge on any atom is -0.497 e. The lowest BCUT2D eigenvalue weighted by atomic mass is 10.1. The van der Waals surface area contributed by atoms with E-state index in [1.54, 1.807) is 18.2 Å². The highest BCUT2D eigenvalue weighted by Crippen LogP contribution is 2.13. The molecule has 27 heavy (non-hydrogen) atoms. The van der Waals surface area contributed by atoms with Gasteiger partial charge < -0.3 is 19.9 Å². The van der Waals surface area contributed by atoms with Gasteiger partial charge in [-0.2, -0.15) is 5.10 Å². The number of ether oxygens (including phenoxy) is 1. The molecule has 0 saturated carbocycles. The normalized spacial score (nSPS) is 14.1. The summed E-state index contributed by atoms with van der Waals surface area (Å²) in [6.45, 7) is 2.64. The molecule has 0 radical (unpaired) electrons. The first-order valence-corrected chi connectivity index (χ1v) is 9.07. The molecule has 3 amide bonds. The highest BCUT2D eigenvalue weighted by Gasteiger charge is 2.23. The average Bonchev–Trinajstić information content (AvgIpc) is 3.24. The Balaban J connectivity index is 1.38. The molecular formula is C19H25N5O3. The van der Waals surface area contributed by atoms with E-state index in [4.69, 9.17) is 4.74 Å². The first-order valence-electron chi connectivity index (χ1n) is 9.07. The number of urea groups is 1. The minimum atomic E-state index is -0.116. The number of rotatable bonds is 6. The van der Waals surface area contributed by atoms with Gasteiger partial charge in [-0.1, -0.05) is 12.1 Å². The van der Waals surface area contributed by atoms with E-state index in [0.29, 0.717) is 45.6 Å². The summed E-state index contributed by atoms with van der Waals surface area (Å²) in [5.74, 6) is 0.940. The Bertz CT molecular complexity index is 737. The maximum Gasteiger partial charge on any atom is 0.317 e. The highest BCUT2D eigenvalue weighted by molar-refractivity contribution is 5.78. The fraction of sp³-hybridized carbons (Fsp3) is 0.421. The maximum atomic E-state index is 12.4. The lowest BCUT2D eigenvalue weighted by molar-refractivity contribution is -0.132. The Morgan fingerprint density at radius 3 is 2.44 bits per heavy atom. The van der Waals surface area contributed by atoms with Crippen LogP contribution in [0.3, 0.4) is 0 Å². The van der Waals surface area contributed by atoms with Crippen LogP contribution in [0.15, 0.2) is 36.5 Å². The monoisotopic (exact) mass is 371 g/mol. The molecule has 2 aromatic rings. The predicted octanol–water partition coefficient (Wildman–Crippen LogP) is 1.40. The van der Waals surface area contributed by atoms with Crippen LogP contribution in [0.4, 0.5) is 4.79 Å². The van der Waals surface area contributed by atoms with Crippen LogP contribution < -0.4 is 10.1 Å². The lowest BCUT2D eigenvalue weighted by Crippen LogP contribution is -2.53. The number of hydrogen-bond acceptors (Lipinski definition) is 4. The van der Waals surface area contributed by atoms with Gasteiger partial charge in [0.2, 0.25) is 5.91 Å². The van der Waals surface area contributed by atoms with E-state index in [1.807, 2.05) is 35.2 Å². The van der Waals surface area contributed by atoms with Crippen LogP contribution in [0.2, 0.25) is 0 Å². The number of aromatic amines is 1. The number of benzene rings is 1. The van der Waals surface area contributed by atoms with Crippen LogP contribution in [0, 0.1) is 0 Å². The number of nitrogens with zero attached hydrogens (tertiary/aromatic N) is 3. The molecule has 2 N–H and O–H groups in total.